The molecule has 4 N–H and O–H groups in total. The van der Waals surface area contributed by atoms with Crippen LogP contribution in [0.25, 0.3) is 0 Å². The first kappa shape index (κ1) is 13.9. The predicted molar refractivity (Wildman–Crippen MR) is 79.8 cm³/mol. The lowest BCUT2D eigenvalue weighted by molar-refractivity contribution is -0.0576. The number of allylic oxidation sites excluding steroid dienone is 3. The van der Waals surface area contributed by atoms with Gasteiger partial charge in [0.1, 0.15) is 0 Å². The number of hydrogen-bond acceptors (Lipinski definition) is 5. The number of aliphatic hydroxyl groups excluding tert-OH is 1. The highest BCUT2D eigenvalue weighted by Crippen LogP contribution is 2.29. The molecular weight excluding hydrogens is 254 g/mol. The van der Waals surface area contributed by atoms with Crippen LogP contribution in [0.2, 0.25) is 0 Å². The van der Waals surface area contributed by atoms with Gasteiger partial charge in [-0.25, -0.2) is 0 Å². The van der Waals surface area contributed by atoms with Crippen molar-refractivity contribution in [3.63, 3.8) is 0 Å². The Balaban J connectivity index is 2.48. The van der Waals surface area contributed by atoms with Gasteiger partial charge in [0.15, 0.2) is 0 Å². The van der Waals surface area contributed by atoms with E-state index in [2.05, 4.69) is 11.6 Å². The van der Waals surface area contributed by atoms with Crippen molar-refractivity contribution < 1.29 is 10.3 Å². The van der Waals surface area contributed by atoms with Crippen LogP contribution < -0.4 is 5.73 Å². The summed E-state index contributed by atoms with van der Waals surface area (Å²) in [5.74, 6) is -0.286. The van der Waals surface area contributed by atoms with Gasteiger partial charge in [0, 0.05) is 0 Å². The summed E-state index contributed by atoms with van der Waals surface area (Å²) in [6.45, 7) is 7.20. The molecule has 0 atom stereocenters. The van der Waals surface area contributed by atoms with Crippen LogP contribution in [0, 0.1) is 0 Å². The van der Waals surface area contributed by atoms with Crippen molar-refractivity contribution in [3.05, 3.63) is 59.6 Å². The van der Waals surface area contributed by atoms with Gasteiger partial charge in [0.05, 0.1) is 28.4 Å². The van der Waals surface area contributed by atoms with Crippen molar-refractivity contribution in [1.82, 2.24) is 5.06 Å². The maximum atomic E-state index is 10.0. The number of nitrogens with two attached hydrogens (primary N) is 1. The lowest BCUT2D eigenvalue weighted by Crippen LogP contribution is -2.24. The molecule has 0 radical (unpaired) electrons. The molecular formula is C15H17N3O2. The second kappa shape index (κ2) is 5.22. The van der Waals surface area contributed by atoms with Crippen LogP contribution in [-0.4, -0.2) is 21.1 Å². The van der Waals surface area contributed by atoms with Crippen molar-refractivity contribution >= 4 is 17.1 Å². The van der Waals surface area contributed by atoms with Gasteiger partial charge in [0.2, 0.25) is 5.88 Å². The Labute approximate surface area is 117 Å². The lowest BCUT2D eigenvalue weighted by Gasteiger charge is -2.24. The molecule has 1 aliphatic heterocycles. The molecule has 5 nitrogen and oxygen atoms in total. The van der Waals surface area contributed by atoms with E-state index in [1.54, 1.807) is 25.1 Å². The average Bonchev–Trinajstić information content (AvgIpc) is 2.39. The number of aliphatic hydroxyl groups is 1. The molecule has 1 aromatic carbocycles. The molecule has 5 heteroatoms. The molecule has 1 aromatic rings. The van der Waals surface area contributed by atoms with E-state index < -0.39 is 0 Å². The van der Waals surface area contributed by atoms with E-state index >= 15 is 0 Å². The van der Waals surface area contributed by atoms with Crippen molar-refractivity contribution in [1.29, 1.82) is 0 Å². The fourth-order valence-corrected chi connectivity index (χ4v) is 2.07. The molecule has 104 valence electrons. The first-order chi connectivity index (χ1) is 9.41. The Morgan fingerprint density at radius 1 is 1.35 bits per heavy atom. The van der Waals surface area contributed by atoms with E-state index in [0.29, 0.717) is 33.4 Å². The Bertz CT molecular complexity index is 657. The Hall–Kier alpha value is -2.53. The number of rotatable bonds is 2. The maximum Gasteiger partial charge on any atom is 0.225 e. The van der Waals surface area contributed by atoms with Gasteiger partial charge in [0.25, 0.3) is 0 Å². The molecule has 0 spiro atoms. The maximum absolute atomic E-state index is 10.0. The van der Waals surface area contributed by atoms with E-state index in [4.69, 9.17) is 5.73 Å². The topological polar surface area (TPSA) is 82.1 Å². The quantitative estimate of drug-likeness (QED) is 0.569. The minimum atomic E-state index is -0.286. The third-order valence-electron chi connectivity index (χ3n) is 3.06. The molecule has 20 heavy (non-hydrogen) atoms. The molecule has 0 fully saturated rings. The van der Waals surface area contributed by atoms with Crippen LogP contribution >= 0.6 is 0 Å². The number of aliphatic imine (C=N–C) groups is 1. The van der Waals surface area contributed by atoms with E-state index in [0.717, 1.165) is 5.57 Å². The number of para-hydroxylation sites is 2. The van der Waals surface area contributed by atoms with Crippen LogP contribution in [0.3, 0.4) is 0 Å². The van der Waals surface area contributed by atoms with Gasteiger partial charge >= 0.3 is 0 Å². The number of hydrogen-bond donors (Lipinski definition) is 3. The number of nitrogens with zero attached hydrogens (tertiary/aromatic N) is 2. The summed E-state index contributed by atoms with van der Waals surface area (Å²) in [5.41, 5.74) is 9.10. The van der Waals surface area contributed by atoms with Gasteiger partial charge in [-0.1, -0.05) is 18.7 Å². The Morgan fingerprint density at radius 3 is 2.65 bits per heavy atom. The molecule has 1 aliphatic rings. The highest BCUT2D eigenvalue weighted by atomic mass is 16.5. The number of benzene rings is 1. The van der Waals surface area contributed by atoms with Crippen molar-refractivity contribution in [2.24, 2.45) is 4.99 Å². The van der Waals surface area contributed by atoms with Crippen LogP contribution in [0.5, 0.6) is 0 Å². The zero-order chi connectivity index (χ0) is 14.9. The van der Waals surface area contributed by atoms with Gasteiger partial charge < -0.3 is 10.8 Å². The molecule has 0 aliphatic carbocycles. The number of hydroxylamine groups is 2. The third-order valence-corrected chi connectivity index (χ3v) is 3.06. The summed E-state index contributed by atoms with van der Waals surface area (Å²) in [6.07, 6.45) is 1.67. The van der Waals surface area contributed by atoms with Crippen LogP contribution in [0.1, 0.15) is 13.8 Å². The van der Waals surface area contributed by atoms with Gasteiger partial charge in [-0.3, -0.25) is 10.2 Å². The van der Waals surface area contributed by atoms with Gasteiger partial charge in [-0.2, -0.15) is 5.06 Å². The van der Waals surface area contributed by atoms with Gasteiger partial charge in [-0.15, -0.1) is 0 Å². The summed E-state index contributed by atoms with van der Waals surface area (Å²) in [4.78, 5) is 4.41. The van der Waals surface area contributed by atoms with Crippen LogP contribution in [0.15, 0.2) is 64.6 Å². The lowest BCUT2D eigenvalue weighted by atomic mass is 10.00. The predicted octanol–water partition coefficient (Wildman–Crippen LogP) is 3.30. The van der Waals surface area contributed by atoms with Gasteiger partial charge in [-0.05, 0) is 37.6 Å². The summed E-state index contributed by atoms with van der Waals surface area (Å²) in [6, 6.07) is 7.20. The summed E-state index contributed by atoms with van der Waals surface area (Å²) in [7, 11) is 0. The highest BCUT2D eigenvalue weighted by molar-refractivity contribution is 6.04. The summed E-state index contributed by atoms with van der Waals surface area (Å²) in [5, 5.41) is 20.4. The first-order valence-electron chi connectivity index (χ1n) is 6.11. The second-order valence-electron chi connectivity index (χ2n) is 4.59. The van der Waals surface area contributed by atoms with Crippen molar-refractivity contribution in [2.75, 3.05) is 5.73 Å². The Morgan fingerprint density at radius 2 is 2.00 bits per heavy atom. The first-order valence-corrected chi connectivity index (χ1v) is 6.11. The summed E-state index contributed by atoms with van der Waals surface area (Å²) >= 11 is 0. The van der Waals surface area contributed by atoms with E-state index in [9.17, 15) is 10.3 Å². The molecule has 0 unspecified atom stereocenters. The molecule has 1 heterocycles. The van der Waals surface area contributed by atoms with Crippen LogP contribution in [-0.2, 0) is 0 Å². The number of anilines is 1. The highest BCUT2D eigenvalue weighted by Gasteiger charge is 2.22. The molecule has 0 saturated heterocycles. The smallest absolute Gasteiger partial charge is 0.225 e. The fourth-order valence-electron chi connectivity index (χ4n) is 2.07. The fraction of sp³-hybridized carbons (Fsp3) is 0.133. The van der Waals surface area contributed by atoms with Crippen molar-refractivity contribution in [3.8, 4) is 0 Å². The molecule has 0 saturated carbocycles. The zero-order valence-corrected chi connectivity index (χ0v) is 11.5. The minimum absolute atomic E-state index is 0.286. The zero-order valence-electron chi connectivity index (χ0n) is 11.5. The number of nitrogen functional groups attached to an aromatic ring is 1. The van der Waals surface area contributed by atoms with E-state index in [1.807, 2.05) is 19.1 Å². The molecule has 0 amide bonds. The largest absolute Gasteiger partial charge is 0.493 e. The SMILES string of the molecule is C=C1C=C(C)C(/C(C)=N/c2ccccc2N)=C(O)N1O. The van der Waals surface area contributed by atoms with Crippen molar-refractivity contribution in [2.45, 2.75) is 13.8 Å². The third kappa shape index (κ3) is 2.44. The van der Waals surface area contributed by atoms with E-state index in [-0.39, 0.29) is 5.88 Å². The average molecular weight is 271 g/mol. The molecule has 0 aromatic heterocycles. The molecule has 2 rings (SSSR count). The summed E-state index contributed by atoms with van der Waals surface area (Å²) < 4.78 is 0. The van der Waals surface area contributed by atoms with E-state index in [1.165, 1.54) is 0 Å². The molecule has 0 bridgehead atoms. The second-order valence-corrected chi connectivity index (χ2v) is 4.59. The van der Waals surface area contributed by atoms with Crippen LogP contribution in [0.4, 0.5) is 11.4 Å². The standard InChI is InChI=1S/C15H17N3O2/c1-9-8-10(2)18(20)15(19)14(9)11(3)17-13-7-5-4-6-12(13)16/h4-8,19-20H,2,16H2,1,3H3/b17-11+. The minimum Gasteiger partial charge on any atom is -0.493 e. The Kier molecular flexibility index (Phi) is 3.63. The monoisotopic (exact) mass is 271 g/mol. The normalized spacial score (nSPS) is 16.6.